The van der Waals surface area contributed by atoms with Crippen molar-refractivity contribution in [1.82, 2.24) is 0 Å². The van der Waals surface area contributed by atoms with Crippen LogP contribution in [0.5, 0.6) is 5.75 Å². The molecule has 1 aromatic rings. The maximum Gasteiger partial charge on any atom is 0.387 e. The van der Waals surface area contributed by atoms with Crippen LogP contribution in [0.15, 0.2) is 18.2 Å². The summed E-state index contributed by atoms with van der Waals surface area (Å²) in [6, 6.07) is 3.65. The van der Waals surface area contributed by atoms with Crippen molar-refractivity contribution in [2.75, 3.05) is 0 Å². The fourth-order valence-electron chi connectivity index (χ4n) is 1.04. The molecule has 0 saturated carbocycles. The highest BCUT2D eigenvalue weighted by molar-refractivity contribution is 8.93. The van der Waals surface area contributed by atoms with Gasteiger partial charge in [0.15, 0.2) is 5.17 Å². The van der Waals surface area contributed by atoms with Crippen LogP contribution in [0.4, 0.5) is 13.2 Å². The van der Waals surface area contributed by atoms with Gasteiger partial charge in [-0.05, 0) is 12.1 Å². The molecular formula is C9H10BrF3N2OS. The van der Waals surface area contributed by atoms with Gasteiger partial charge in [0.25, 0.3) is 0 Å². The third kappa shape index (κ3) is 5.31. The average Bonchev–Trinajstić information content (AvgIpc) is 2.15. The molecule has 0 aliphatic rings. The first-order chi connectivity index (χ1) is 7.50. The summed E-state index contributed by atoms with van der Waals surface area (Å²) in [5.41, 5.74) is 5.05. The van der Waals surface area contributed by atoms with Crippen molar-refractivity contribution < 1.29 is 17.9 Å². The number of rotatable bonds is 4. The van der Waals surface area contributed by atoms with Crippen molar-refractivity contribution in [1.29, 1.82) is 5.41 Å². The molecule has 0 aliphatic carbocycles. The number of nitrogens with two attached hydrogens (primary N) is 1. The third-order valence-corrected chi connectivity index (χ3v) is 2.41. The van der Waals surface area contributed by atoms with E-state index in [1.165, 1.54) is 12.1 Å². The third-order valence-electron chi connectivity index (χ3n) is 1.66. The van der Waals surface area contributed by atoms with Crippen LogP contribution in [0.25, 0.3) is 0 Å². The Bertz CT molecular complexity index is 393. The average molecular weight is 331 g/mol. The number of hydrogen-bond acceptors (Lipinski definition) is 3. The minimum atomic E-state index is -3.01. The summed E-state index contributed by atoms with van der Waals surface area (Å²) in [7, 11) is 0. The van der Waals surface area contributed by atoms with Crippen molar-refractivity contribution >= 4 is 33.9 Å². The van der Waals surface area contributed by atoms with Crippen LogP contribution in [0, 0.1) is 11.2 Å². The molecule has 0 spiro atoms. The Balaban J connectivity index is 0.00000256. The Kier molecular flexibility index (Phi) is 7.05. The summed E-state index contributed by atoms with van der Waals surface area (Å²) in [5.74, 6) is -0.917. The van der Waals surface area contributed by atoms with Gasteiger partial charge in [0, 0.05) is 11.3 Å². The van der Waals surface area contributed by atoms with Crippen LogP contribution in [-0.4, -0.2) is 11.8 Å². The van der Waals surface area contributed by atoms with Crippen molar-refractivity contribution in [3.63, 3.8) is 0 Å². The zero-order valence-corrected chi connectivity index (χ0v) is 11.0. The molecule has 0 saturated heterocycles. The Morgan fingerprint density at radius 3 is 2.65 bits per heavy atom. The molecule has 0 aliphatic heterocycles. The second kappa shape index (κ2) is 7.44. The Morgan fingerprint density at radius 2 is 2.12 bits per heavy atom. The zero-order valence-electron chi connectivity index (χ0n) is 8.45. The normalized spacial score (nSPS) is 9.88. The number of ether oxygens (including phenoxy) is 1. The maximum atomic E-state index is 13.3. The van der Waals surface area contributed by atoms with Gasteiger partial charge in [-0.2, -0.15) is 8.78 Å². The molecule has 0 bridgehead atoms. The number of nitrogens with one attached hydrogen (secondary N) is 1. The second-order valence-corrected chi connectivity index (χ2v) is 3.77. The lowest BCUT2D eigenvalue weighted by molar-refractivity contribution is -0.0505. The van der Waals surface area contributed by atoms with E-state index < -0.39 is 12.4 Å². The van der Waals surface area contributed by atoms with E-state index in [4.69, 9.17) is 11.1 Å². The van der Waals surface area contributed by atoms with Gasteiger partial charge in [-0.25, -0.2) is 4.39 Å². The van der Waals surface area contributed by atoms with E-state index in [0.717, 1.165) is 17.8 Å². The summed E-state index contributed by atoms with van der Waals surface area (Å²) in [5, 5.41) is 6.74. The molecule has 0 heterocycles. The first kappa shape index (κ1) is 16.1. The minimum Gasteiger partial charge on any atom is -0.434 e. The molecule has 17 heavy (non-hydrogen) atoms. The molecule has 8 heteroatoms. The standard InChI is InChI=1S/C9H9F3N2OS.BrH/c10-6-2-1-3-7(15-8(11)12)5(6)4-16-9(13)14;/h1-3,8H,4H2,(H3,13,14);1H. The van der Waals surface area contributed by atoms with Gasteiger partial charge in [0.05, 0.1) is 0 Å². The molecule has 3 nitrogen and oxygen atoms in total. The van der Waals surface area contributed by atoms with E-state index in [1.807, 2.05) is 0 Å². The quantitative estimate of drug-likeness (QED) is 0.658. The highest BCUT2D eigenvalue weighted by Gasteiger charge is 2.13. The van der Waals surface area contributed by atoms with Crippen LogP contribution >= 0.6 is 28.7 Å². The monoisotopic (exact) mass is 330 g/mol. The number of amidine groups is 1. The molecule has 0 unspecified atom stereocenters. The van der Waals surface area contributed by atoms with Crippen LogP contribution in [0.2, 0.25) is 0 Å². The number of halogens is 4. The highest BCUT2D eigenvalue weighted by atomic mass is 79.9. The lowest BCUT2D eigenvalue weighted by Gasteiger charge is -2.10. The van der Waals surface area contributed by atoms with E-state index >= 15 is 0 Å². The number of thioether (sulfide) groups is 1. The van der Waals surface area contributed by atoms with Gasteiger partial charge in [-0.15, -0.1) is 17.0 Å². The summed E-state index contributed by atoms with van der Waals surface area (Å²) >= 11 is 0.836. The lowest BCUT2D eigenvalue weighted by Crippen LogP contribution is -2.08. The largest absolute Gasteiger partial charge is 0.434 e. The van der Waals surface area contributed by atoms with Crippen LogP contribution in [0.1, 0.15) is 5.56 Å². The van der Waals surface area contributed by atoms with E-state index in [9.17, 15) is 13.2 Å². The van der Waals surface area contributed by atoms with Gasteiger partial charge >= 0.3 is 6.61 Å². The van der Waals surface area contributed by atoms with Gasteiger partial charge in [-0.1, -0.05) is 17.8 Å². The van der Waals surface area contributed by atoms with Gasteiger partial charge in [0.1, 0.15) is 11.6 Å². The number of hydrogen-bond donors (Lipinski definition) is 2. The van der Waals surface area contributed by atoms with Crippen LogP contribution in [0.3, 0.4) is 0 Å². The van der Waals surface area contributed by atoms with Gasteiger partial charge in [-0.3, -0.25) is 5.41 Å². The van der Waals surface area contributed by atoms with Gasteiger partial charge < -0.3 is 10.5 Å². The van der Waals surface area contributed by atoms with Crippen molar-refractivity contribution in [3.8, 4) is 5.75 Å². The molecule has 0 atom stereocenters. The minimum absolute atomic E-state index is 0. The molecule has 1 aromatic carbocycles. The van der Waals surface area contributed by atoms with Crippen LogP contribution < -0.4 is 10.5 Å². The fraction of sp³-hybridized carbons (Fsp3) is 0.222. The molecule has 3 N–H and O–H groups in total. The smallest absolute Gasteiger partial charge is 0.387 e. The SMILES string of the molecule is Br.N=C(N)SCc1c(F)cccc1OC(F)F. The van der Waals surface area contributed by atoms with Crippen molar-refractivity contribution in [3.05, 3.63) is 29.6 Å². The fourth-order valence-corrected chi connectivity index (χ4v) is 1.62. The lowest BCUT2D eigenvalue weighted by atomic mass is 10.2. The Hall–Kier alpha value is -0.890. The van der Waals surface area contributed by atoms with Crippen LogP contribution in [-0.2, 0) is 5.75 Å². The predicted molar refractivity (Wildman–Crippen MR) is 66.6 cm³/mol. The van der Waals surface area contributed by atoms with Crippen molar-refractivity contribution in [2.45, 2.75) is 12.4 Å². The highest BCUT2D eigenvalue weighted by Crippen LogP contribution is 2.27. The maximum absolute atomic E-state index is 13.3. The molecule has 0 aromatic heterocycles. The van der Waals surface area contributed by atoms with E-state index in [-0.39, 0.29) is 39.2 Å². The van der Waals surface area contributed by atoms with E-state index in [1.54, 1.807) is 0 Å². The zero-order chi connectivity index (χ0) is 12.1. The Morgan fingerprint density at radius 1 is 1.47 bits per heavy atom. The summed E-state index contributed by atoms with van der Waals surface area (Å²) in [6.07, 6.45) is 0. The molecule has 0 amide bonds. The molecule has 1 rings (SSSR count). The Labute approximate surface area is 111 Å². The van der Waals surface area contributed by atoms with Crippen molar-refractivity contribution in [2.24, 2.45) is 5.73 Å². The summed E-state index contributed by atoms with van der Waals surface area (Å²) in [6.45, 7) is -3.01. The molecule has 0 fully saturated rings. The molecule has 96 valence electrons. The first-order valence-electron chi connectivity index (χ1n) is 4.19. The molecule has 0 radical (unpaired) electrons. The van der Waals surface area contributed by atoms with E-state index in [2.05, 4.69) is 4.74 Å². The number of alkyl halides is 2. The topological polar surface area (TPSA) is 59.1 Å². The summed E-state index contributed by atoms with van der Waals surface area (Å²) < 4.78 is 41.5. The second-order valence-electron chi connectivity index (χ2n) is 2.75. The first-order valence-corrected chi connectivity index (χ1v) is 5.18. The summed E-state index contributed by atoms with van der Waals surface area (Å²) in [4.78, 5) is 0. The predicted octanol–water partition coefficient (Wildman–Crippen LogP) is 3.13. The van der Waals surface area contributed by atoms with Gasteiger partial charge in [0.2, 0.25) is 0 Å². The van der Waals surface area contributed by atoms with E-state index in [0.29, 0.717) is 0 Å². The molecular weight excluding hydrogens is 321 g/mol. The number of benzene rings is 1.